The molecule has 0 aromatic heterocycles. The predicted octanol–water partition coefficient (Wildman–Crippen LogP) is 3.11. The molecule has 1 aromatic rings. The van der Waals surface area contributed by atoms with E-state index >= 15 is 0 Å². The maximum absolute atomic E-state index is 11.7. The van der Waals surface area contributed by atoms with E-state index in [0.717, 1.165) is 45.2 Å². The SMILES string of the molecule is CCNC(=NCc1ccccc1N1CCOCC1)NCCCNC(=O)OC(C)(C)C.I. The summed E-state index contributed by atoms with van der Waals surface area (Å²) in [5.74, 6) is 0.770. The van der Waals surface area contributed by atoms with Gasteiger partial charge in [0.05, 0.1) is 19.8 Å². The number of halogens is 1. The van der Waals surface area contributed by atoms with Crippen LogP contribution >= 0.6 is 24.0 Å². The molecule has 0 spiro atoms. The zero-order valence-corrected chi connectivity index (χ0v) is 21.5. The molecule has 0 saturated carbocycles. The zero-order valence-electron chi connectivity index (χ0n) is 19.2. The molecule has 1 saturated heterocycles. The van der Waals surface area contributed by atoms with Crippen molar-refractivity contribution >= 4 is 41.7 Å². The lowest BCUT2D eigenvalue weighted by molar-refractivity contribution is 0.0527. The molecule has 1 aliphatic heterocycles. The Kier molecular flexibility index (Phi) is 12.6. The Morgan fingerprint density at radius 2 is 1.81 bits per heavy atom. The van der Waals surface area contributed by atoms with Crippen LogP contribution in [0.4, 0.5) is 10.5 Å². The van der Waals surface area contributed by atoms with Gasteiger partial charge in [0, 0.05) is 38.4 Å². The van der Waals surface area contributed by atoms with E-state index in [-0.39, 0.29) is 30.1 Å². The molecule has 1 amide bonds. The molecule has 2 rings (SSSR count). The molecule has 0 unspecified atom stereocenters. The van der Waals surface area contributed by atoms with E-state index in [1.54, 1.807) is 0 Å². The Hall–Kier alpha value is -1.75. The Labute approximate surface area is 203 Å². The fraction of sp³-hybridized carbons (Fsp3) is 0.636. The largest absolute Gasteiger partial charge is 0.444 e. The monoisotopic (exact) mass is 547 g/mol. The molecule has 0 atom stereocenters. The highest BCUT2D eigenvalue weighted by Gasteiger charge is 2.16. The molecular formula is C22H38IN5O3. The molecule has 0 bridgehead atoms. The Balaban J connectivity index is 0.00000480. The van der Waals surface area contributed by atoms with Gasteiger partial charge in [-0.25, -0.2) is 9.79 Å². The number of amides is 1. The first kappa shape index (κ1) is 27.3. The van der Waals surface area contributed by atoms with Gasteiger partial charge in [0.2, 0.25) is 0 Å². The highest BCUT2D eigenvalue weighted by Crippen LogP contribution is 2.22. The van der Waals surface area contributed by atoms with Crippen LogP contribution < -0.4 is 20.9 Å². The van der Waals surface area contributed by atoms with Crippen molar-refractivity contribution in [1.29, 1.82) is 0 Å². The van der Waals surface area contributed by atoms with Crippen molar-refractivity contribution in [3.8, 4) is 0 Å². The number of hydrogen-bond acceptors (Lipinski definition) is 5. The second-order valence-electron chi connectivity index (χ2n) is 8.13. The van der Waals surface area contributed by atoms with Crippen molar-refractivity contribution in [1.82, 2.24) is 16.0 Å². The normalized spacial score (nSPS) is 14.5. The number of ether oxygens (including phenoxy) is 2. The van der Waals surface area contributed by atoms with Crippen molar-refractivity contribution < 1.29 is 14.3 Å². The molecule has 1 aliphatic rings. The van der Waals surface area contributed by atoms with E-state index in [4.69, 9.17) is 14.5 Å². The predicted molar refractivity (Wildman–Crippen MR) is 137 cm³/mol. The lowest BCUT2D eigenvalue weighted by Crippen LogP contribution is -2.39. The fourth-order valence-corrected chi connectivity index (χ4v) is 3.06. The maximum Gasteiger partial charge on any atom is 0.407 e. The van der Waals surface area contributed by atoms with Crippen LogP contribution in [0.25, 0.3) is 0 Å². The molecule has 0 aliphatic carbocycles. The summed E-state index contributed by atoms with van der Waals surface area (Å²) in [6, 6.07) is 8.40. The zero-order chi connectivity index (χ0) is 21.8. The number of carbonyl (C=O) groups excluding carboxylic acids is 1. The van der Waals surface area contributed by atoms with Gasteiger partial charge >= 0.3 is 6.09 Å². The highest BCUT2D eigenvalue weighted by atomic mass is 127. The maximum atomic E-state index is 11.7. The fourth-order valence-electron chi connectivity index (χ4n) is 3.06. The molecule has 176 valence electrons. The van der Waals surface area contributed by atoms with Crippen molar-refractivity contribution in [2.45, 2.75) is 46.3 Å². The average Bonchev–Trinajstić information content (AvgIpc) is 2.71. The van der Waals surface area contributed by atoms with Gasteiger partial charge in [0.1, 0.15) is 5.60 Å². The quantitative estimate of drug-likeness (QED) is 0.201. The number of rotatable bonds is 8. The molecule has 1 aromatic carbocycles. The van der Waals surface area contributed by atoms with Crippen molar-refractivity contribution in [2.24, 2.45) is 4.99 Å². The van der Waals surface area contributed by atoms with E-state index in [1.807, 2.05) is 27.7 Å². The highest BCUT2D eigenvalue weighted by molar-refractivity contribution is 14.0. The number of alkyl carbamates (subject to hydrolysis) is 1. The summed E-state index contributed by atoms with van der Waals surface area (Å²) >= 11 is 0. The van der Waals surface area contributed by atoms with Gasteiger partial charge in [-0.2, -0.15) is 0 Å². The van der Waals surface area contributed by atoms with Gasteiger partial charge in [-0.1, -0.05) is 18.2 Å². The third kappa shape index (κ3) is 10.9. The van der Waals surface area contributed by atoms with Gasteiger partial charge in [0.15, 0.2) is 5.96 Å². The van der Waals surface area contributed by atoms with Gasteiger partial charge in [-0.3, -0.25) is 0 Å². The number of carbonyl (C=O) groups is 1. The van der Waals surface area contributed by atoms with Crippen LogP contribution in [0, 0.1) is 0 Å². The van der Waals surface area contributed by atoms with Crippen LogP contribution in [-0.4, -0.2) is 63.6 Å². The molecule has 1 fully saturated rings. The smallest absolute Gasteiger partial charge is 0.407 e. The van der Waals surface area contributed by atoms with Gasteiger partial charge in [-0.05, 0) is 45.7 Å². The number of para-hydroxylation sites is 1. The molecule has 0 radical (unpaired) electrons. The van der Waals surface area contributed by atoms with Crippen molar-refractivity contribution in [3.05, 3.63) is 29.8 Å². The number of nitrogens with one attached hydrogen (secondary N) is 3. The minimum absolute atomic E-state index is 0. The van der Waals surface area contributed by atoms with E-state index in [1.165, 1.54) is 11.3 Å². The second kappa shape index (κ2) is 14.3. The summed E-state index contributed by atoms with van der Waals surface area (Å²) in [6.07, 6.45) is 0.386. The number of guanidine groups is 1. The van der Waals surface area contributed by atoms with Crippen LogP contribution in [0.5, 0.6) is 0 Å². The van der Waals surface area contributed by atoms with Gasteiger partial charge in [-0.15, -0.1) is 24.0 Å². The second-order valence-corrected chi connectivity index (χ2v) is 8.13. The van der Waals surface area contributed by atoms with Crippen LogP contribution in [-0.2, 0) is 16.0 Å². The van der Waals surface area contributed by atoms with E-state index in [0.29, 0.717) is 19.6 Å². The average molecular weight is 547 g/mol. The molecule has 8 nitrogen and oxygen atoms in total. The molecule has 9 heteroatoms. The van der Waals surface area contributed by atoms with E-state index in [9.17, 15) is 4.79 Å². The standard InChI is InChI=1S/C22H37N5O3.HI/c1-5-23-20(24-11-8-12-25-21(28)30-22(2,3)4)26-17-18-9-6-7-10-19(18)27-13-15-29-16-14-27;/h6-7,9-10H,5,8,11-17H2,1-4H3,(H,25,28)(H2,23,24,26);1H. The first-order valence-electron chi connectivity index (χ1n) is 10.8. The summed E-state index contributed by atoms with van der Waals surface area (Å²) in [6.45, 7) is 13.6. The Bertz CT molecular complexity index is 688. The first-order chi connectivity index (χ1) is 14.4. The summed E-state index contributed by atoms with van der Waals surface area (Å²) in [7, 11) is 0. The third-order valence-electron chi connectivity index (χ3n) is 4.41. The van der Waals surface area contributed by atoms with E-state index < -0.39 is 5.60 Å². The lowest BCUT2D eigenvalue weighted by Gasteiger charge is -2.30. The topological polar surface area (TPSA) is 87.2 Å². The summed E-state index contributed by atoms with van der Waals surface area (Å²) < 4.78 is 10.7. The number of morpholine rings is 1. The molecular weight excluding hydrogens is 509 g/mol. The molecule has 31 heavy (non-hydrogen) atoms. The van der Waals surface area contributed by atoms with Crippen molar-refractivity contribution in [2.75, 3.05) is 50.8 Å². The van der Waals surface area contributed by atoms with Crippen LogP contribution in [0.3, 0.4) is 0 Å². The number of benzene rings is 1. The van der Waals surface area contributed by atoms with Crippen LogP contribution in [0.2, 0.25) is 0 Å². The van der Waals surface area contributed by atoms with Crippen LogP contribution in [0.1, 0.15) is 39.7 Å². The summed E-state index contributed by atoms with van der Waals surface area (Å²) in [5, 5.41) is 9.37. The minimum atomic E-state index is -0.481. The number of aliphatic imine (C=N–C) groups is 1. The van der Waals surface area contributed by atoms with Crippen LogP contribution in [0.15, 0.2) is 29.3 Å². The lowest BCUT2D eigenvalue weighted by atomic mass is 10.1. The minimum Gasteiger partial charge on any atom is -0.444 e. The van der Waals surface area contributed by atoms with Gasteiger partial charge in [0.25, 0.3) is 0 Å². The van der Waals surface area contributed by atoms with E-state index in [2.05, 4.69) is 45.1 Å². The Morgan fingerprint density at radius 3 is 2.48 bits per heavy atom. The molecule has 3 N–H and O–H groups in total. The number of hydrogen-bond donors (Lipinski definition) is 3. The van der Waals surface area contributed by atoms with Gasteiger partial charge < -0.3 is 30.3 Å². The Morgan fingerprint density at radius 1 is 1.13 bits per heavy atom. The van der Waals surface area contributed by atoms with Crippen molar-refractivity contribution in [3.63, 3.8) is 0 Å². The summed E-state index contributed by atoms with van der Waals surface area (Å²) in [4.78, 5) is 18.8. The number of anilines is 1. The summed E-state index contributed by atoms with van der Waals surface area (Å²) in [5.41, 5.74) is 1.94. The third-order valence-corrected chi connectivity index (χ3v) is 4.41. The first-order valence-corrected chi connectivity index (χ1v) is 10.8. The number of nitrogens with zero attached hydrogens (tertiary/aromatic N) is 2. The molecule has 1 heterocycles.